The van der Waals surface area contributed by atoms with Crippen molar-refractivity contribution in [1.29, 1.82) is 0 Å². The van der Waals surface area contributed by atoms with Crippen LogP contribution in [0.2, 0.25) is 0 Å². The zero-order chi connectivity index (χ0) is 16.3. The van der Waals surface area contributed by atoms with Gasteiger partial charge in [-0.3, -0.25) is 0 Å². The molecule has 2 rings (SSSR count). The summed E-state index contributed by atoms with van der Waals surface area (Å²) in [6, 6.07) is 10.6. The number of rotatable bonds is 4. The maximum Gasteiger partial charge on any atom is 0.276 e. The molecule has 5 heteroatoms. The van der Waals surface area contributed by atoms with E-state index in [4.69, 9.17) is 0 Å². The van der Waals surface area contributed by atoms with Crippen molar-refractivity contribution in [2.75, 3.05) is 0 Å². The zero-order valence-corrected chi connectivity index (χ0v) is 14.0. The number of benzene rings is 2. The highest BCUT2D eigenvalue weighted by atomic mass is 32.2. The lowest BCUT2D eigenvalue weighted by Gasteiger charge is -2.08. The van der Waals surface area contributed by atoms with E-state index in [0.717, 1.165) is 16.7 Å². The number of hydrazone groups is 1. The third-order valence-corrected chi connectivity index (χ3v) is 5.05. The van der Waals surface area contributed by atoms with E-state index >= 15 is 0 Å². The van der Waals surface area contributed by atoms with Gasteiger partial charge in [-0.2, -0.15) is 13.5 Å². The maximum atomic E-state index is 12.1. The van der Waals surface area contributed by atoms with Gasteiger partial charge in [0.05, 0.1) is 11.1 Å². The van der Waals surface area contributed by atoms with E-state index in [1.807, 2.05) is 39.8 Å². The summed E-state index contributed by atoms with van der Waals surface area (Å²) in [5, 5.41) is 3.88. The van der Waals surface area contributed by atoms with Crippen LogP contribution in [0.1, 0.15) is 27.8 Å². The summed E-state index contributed by atoms with van der Waals surface area (Å²) in [7, 11) is -3.63. The monoisotopic (exact) mass is 316 g/mol. The van der Waals surface area contributed by atoms with E-state index in [-0.39, 0.29) is 4.90 Å². The first-order valence-electron chi connectivity index (χ1n) is 6.99. The summed E-state index contributed by atoms with van der Waals surface area (Å²) in [6.45, 7) is 7.99. The molecule has 0 saturated carbocycles. The molecule has 0 saturated heterocycles. The standard InChI is InChI=1S/C17H20N2O2S/c1-12-5-9-17(10-6-12)22(20,21)19-18-11-16-8-7-13(2)14(3)15(16)4/h5-11,19H,1-4H3/b18-11-. The van der Waals surface area contributed by atoms with Crippen LogP contribution in [0.5, 0.6) is 0 Å². The van der Waals surface area contributed by atoms with Crippen LogP contribution < -0.4 is 4.83 Å². The lowest BCUT2D eigenvalue weighted by molar-refractivity contribution is 0.584. The fourth-order valence-electron chi connectivity index (χ4n) is 2.05. The third kappa shape index (κ3) is 3.54. The molecule has 0 unspecified atom stereocenters. The van der Waals surface area contributed by atoms with Crippen LogP contribution in [0.25, 0.3) is 0 Å². The van der Waals surface area contributed by atoms with Crippen molar-refractivity contribution in [3.8, 4) is 0 Å². The molecule has 0 heterocycles. The average Bonchev–Trinajstić information content (AvgIpc) is 2.48. The Morgan fingerprint density at radius 3 is 2.18 bits per heavy atom. The van der Waals surface area contributed by atoms with Crippen LogP contribution in [-0.4, -0.2) is 14.6 Å². The van der Waals surface area contributed by atoms with Crippen LogP contribution in [0.4, 0.5) is 0 Å². The van der Waals surface area contributed by atoms with Gasteiger partial charge in [0.1, 0.15) is 0 Å². The first kappa shape index (κ1) is 16.2. The summed E-state index contributed by atoms with van der Waals surface area (Å²) in [4.78, 5) is 2.45. The molecule has 22 heavy (non-hydrogen) atoms. The Kier molecular flexibility index (Phi) is 4.66. The van der Waals surface area contributed by atoms with Crippen molar-refractivity contribution in [2.24, 2.45) is 5.10 Å². The second-order valence-electron chi connectivity index (χ2n) is 5.39. The first-order chi connectivity index (χ1) is 10.3. The third-order valence-electron chi connectivity index (χ3n) is 3.81. The minimum absolute atomic E-state index is 0.201. The van der Waals surface area contributed by atoms with E-state index in [0.29, 0.717) is 0 Å². The van der Waals surface area contributed by atoms with Crippen LogP contribution >= 0.6 is 0 Å². The minimum Gasteiger partial charge on any atom is -0.200 e. The van der Waals surface area contributed by atoms with Gasteiger partial charge in [0.15, 0.2) is 0 Å². The van der Waals surface area contributed by atoms with Gasteiger partial charge in [-0.15, -0.1) is 0 Å². The van der Waals surface area contributed by atoms with Crippen molar-refractivity contribution in [3.05, 3.63) is 64.2 Å². The SMILES string of the molecule is Cc1ccc(S(=O)(=O)N/N=C\c2ccc(C)c(C)c2C)cc1. The number of hydrogen-bond donors (Lipinski definition) is 1. The van der Waals surface area contributed by atoms with Crippen LogP contribution in [-0.2, 0) is 10.0 Å². The van der Waals surface area contributed by atoms with Crippen molar-refractivity contribution >= 4 is 16.2 Å². The Morgan fingerprint density at radius 2 is 1.55 bits per heavy atom. The second-order valence-corrected chi connectivity index (χ2v) is 7.05. The Labute approximate surface area is 131 Å². The first-order valence-corrected chi connectivity index (χ1v) is 8.48. The molecule has 0 aliphatic rings. The van der Waals surface area contributed by atoms with Gasteiger partial charge in [0.2, 0.25) is 0 Å². The summed E-state index contributed by atoms with van der Waals surface area (Å²) >= 11 is 0. The van der Waals surface area contributed by atoms with Gasteiger partial charge in [0.25, 0.3) is 10.0 Å². The minimum atomic E-state index is -3.63. The molecule has 116 valence electrons. The molecule has 0 amide bonds. The molecule has 0 atom stereocenters. The molecule has 0 bridgehead atoms. The molecule has 0 fully saturated rings. The molecule has 0 aliphatic carbocycles. The highest BCUT2D eigenvalue weighted by Gasteiger charge is 2.11. The lowest BCUT2D eigenvalue weighted by atomic mass is 10.00. The van der Waals surface area contributed by atoms with E-state index in [2.05, 4.69) is 9.93 Å². The highest BCUT2D eigenvalue weighted by molar-refractivity contribution is 7.89. The van der Waals surface area contributed by atoms with E-state index in [1.54, 1.807) is 24.3 Å². The van der Waals surface area contributed by atoms with Gasteiger partial charge in [-0.1, -0.05) is 29.8 Å². The molecule has 2 aromatic carbocycles. The Hall–Kier alpha value is -2.14. The lowest BCUT2D eigenvalue weighted by Crippen LogP contribution is -2.18. The smallest absolute Gasteiger partial charge is 0.200 e. The number of aryl methyl sites for hydroxylation is 2. The molecule has 4 nitrogen and oxygen atoms in total. The molecule has 0 spiro atoms. The van der Waals surface area contributed by atoms with Gasteiger partial charge in [0, 0.05) is 0 Å². The largest absolute Gasteiger partial charge is 0.276 e. The molecule has 0 radical (unpaired) electrons. The van der Waals surface area contributed by atoms with Crippen LogP contribution in [0.3, 0.4) is 0 Å². The Morgan fingerprint density at radius 1 is 0.909 bits per heavy atom. The summed E-state index contributed by atoms with van der Waals surface area (Å²) in [6.07, 6.45) is 1.54. The van der Waals surface area contributed by atoms with E-state index < -0.39 is 10.0 Å². The highest BCUT2D eigenvalue weighted by Crippen LogP contribution is 2.15. The Bertz CT molecular complexity index is 807. The molecule has 1 N–H and O–H groups in total. The average molecular weight is 316 g/mol. The summed E-state index contributed by atoms with van der Waals surface area (Å²) in [5.74, 6) is 0. The van der Waals surface area contributed by atoms with Crippen molar-refractivity contribution in [2.45, 2.75) is 32.6 Å². The molecule has 0 aliphatic heterocycles. The van der Waals surface area contributed by atoms with E-state index in [1.165, 1.54) is 17.3 Å². The molecule has 0 aromatic heterocycles. The summed E-state index contributed by atoms with van der Waals surface area (Å²) in [5.41, 5.74) is 5.39. The fraction of sp³-hybridized carbons (Fsp3) is 0.235. The maximum absolute atomic E-state index is 12.1. The van der Waals surface area contributed by atoms with Crippen molar-refractivity contribution in [3.63, 3.8) is 0 Å². The Balaban J connectivity index is 2.19. The molecular formula is C17H20N2O2S. The van der Waals surface area contributed by atoms with Gasteiger partial charge < -0.3 is 0 Å². The molecular weight excluding hydrogens is 296 g/mol. The van der Waals surface area contributed by atoms with Crippen LogP contribution in [0, 0.1) is 27.7 Å². The zero-order valence-electron chi connectivity index (χ0n) is 13.2. The van der Waals surface area contributed by atoms with E-state index in [9.17, 15) is 8.42 Å². The van der Waals surface area contributed by atoms with Gasteiger partial charge >= 0.3 is 0 Å². The topological polar surface area (TPSA) is 58.5 Å². The fourth-order valence-corrected chi connectivity index (χ4v) is 2.84. The number of sulfonamides is 1. The number of nitrogens with zero attached hydrogens (tertiary/aromatic N) is 1. The van der Waals surface area contributed by atoms with Gasteiger partial charge in [-0.05, 0) is 62.1 Å². The predicted octanol–water partition coefficient (Wildman–Crippen LogP) is 3.23. The van der Waals surface area contributed by atoms with Crippen molar-refractivity contribution < 1.29 is 8.42 Å². The summed E-state index contributed by atoms with van der Waals surface area (Å²) < 4.78 is 24.2. The van der Waals surface area contributed by atoms with Crippen molar-refractivity contribution in [1.82, 2.24) is 4.83 Å². The van der Waals surface area contributed by atoms with Crippen LogP contribution in [0.15, 0.2) is 46.4 Å². The number of nitrogens with one attached hydrogen (secondary N) is 1. The van der Waals surface area contributed by atoms with Gasteiger partial charge in [-0.25, -0.2) is 4.83 Å². The number of hydrogen-bond acceptors (Lipinski definition) is 3. The second kappa shape index (κ2) is 6.32. The quantitative estimate of drug-likeness (QED) is 0.695. The molecule has 2 aromatic rings. The normalized spacial score (nSPS) is 11.8. The predicted molar refractivity (Wildman–Crippen MR) is 89.7 cm³/mol.